The van der Waals surface area contributed by atoms with Crippen molar-refractivity contribution in [2.45, 2.75) is 32.1 Å². The molecule has 0 fully saturated rings. The second-order valence-electron chi connectivity index (χ2n) is 6.42. The van der Waals surface area contributed by atoms with Crippen molar-refractivity contribution in [3.63, 3.8) is 0 Å². The van der Waals surface area contributed by atoms with Gasteiger partial charge in [0.1, 0.15) is 18.8 Å². The highest BCUT2D eigenvalue weighted by atomic mass is 19.4. The molecule has 1 N–H and O–H groups in total. The van der Waals surface area contributed by atoms with Gasteiger partial charge < -0.3 is 14.8 Å². The van der Waals surface area contributed by atoms with E-state index >= 15 is 0 Å². The van der Waals surface area contributed by atoms with Crippen LogP contribution in [0, 0.1) is 0 Å². The Labute approximate surface area is 147 Å². The van der Waals surface area contributed by atoms with Gasteiger partial charge in [0, 0.05) is 12.3 Å². The van der Waals surface area contributed by atoms with E-state index in [2.05, 4.69) is 15.4 Å². The first-order valence-corrected chi connectivity index (χ1v) is 7.84. The van der Waals surface area contributed by atoms with Gasteiger partial charge in [-0.05, 0) is 26.0 Å². The van der Waals surface area contributed by atoms with E-state index in [0.29, 0.717) is 19.0 Å². The lowest BCUT2D eigenvalue weighted by atomic mass is 10.1. The van der Waals surface area contributed by atoms with Crippen LogP contribution in [0.15, 0.2) is 24.4 Å². The number of nitrogens with one attached hydrogen (secondary N) is 1. The maximum atomic E-state index is 13.0. The summed E-state index contributed by atoms with van der Waals surface area (Å²) in [6.45, 7) is 4.12. The number of nitrogens with zero attached hydrogens (tertiary/aromatic N) is 3. The summed E-state index contributed by atoms with van der Waals surface area (Å²) in [6, 6.07) is 3.59. The second kappa shape index (κ2) is 6.50. The Balaban J connectivity index is 1.65. The molecule has 0 unspecified atom stereocenters. The highest BCUT2D eigenvalue weighted by molar-refractivity contribution is 5.93. The summed E-state index contributed by atoms with van der Waals surface area (Å²) in [4.78, 5) is 15.9. The van der Waals surface area contributed by atoms with Crippen LogP contribution < -0.4 is 14.8 Å². The zero-order valence-corrected chi connectivity index (χ0v) is 14.1. The Kier molecular flexibility index (Phi) is 4.51. The van der Waals surface area contributed by atoms with Gasteiger partial charge >= 0.3 is 6.18 Å². The molecular formula is C16H17F3N4O3. The molecule has 0 saturated heterocycles. The number of pyridine rings is 1. The van der Waals surface area contributed by atoms with Crippen molar-refractivity contribution in [2.24, 2.45) is 0 Å². The molecule has 0 atom stereocenters. The maximum Gasteiger partial charge on any atom is 0.421 e. The van der Waals surface area contributed by atoms with Gasteiger partial charge in [-0.2, -0.15) is 18.3 Å². The highest BCUT2D eigenvalue weighted by Crippen LogP contribution is 2.34. The molecule has 0 saturated carbocycles. The number of carbonyl (C=O) groups excluding carboxylic acids is 1. The molecule has 1 aliphatic heterocycles. The van der Waals surface area contributed by atoms with Gasteiger partial charge in [-0.25, -0.2) is 9.67 Å². The molecule has 7 nitrogen and oxygen atoms in total. The summed E-state index contributed by atoms with van der Waals surface area (Å²) in [5.74, 6) is -0.495. The van der Waals surface area contributed by atoms with E-state index in [0.717, 1.165) is 6.07 Å². The zero-order valence-electron chi connectivity index (χ0n) is 14.1. The normalized spacial score (nSPS) is 13.9. The van der Waals surface area contributed by atoms with Crippen LogP contribution in [0.4, 0.5) is 13.2 Å². The third-order valence-corrected chi connectivity index (χ3v) is 3.63. The predicted octanol–water partition coefficient (Wildman–Crippen LogP) is 2.28. The van der Waals surface area contributed by atoms with Crippen LogP contribution in [-0.2, 0) is 12.7 Å². The van der Waals surface area contributed by atoms with Gasteiger partial charge in [-0.3, -0.25) is 4.79 Å². The van der Waals surface area contributed by atoms with Crippen molar-refractivity contribution in [1.29, 1.82) is 0 Å². The van der Waals surface area contributed by atoms with Gasteiger partial charge in [0.2, 0.25) is 11.8 Å². The summed E-state index contributed by atoms with van der Waals surface area (Å²) >= 11 is 0. The largest absolute Gasteiger partial charge is 0.476 e. The van der Waals surface area contributed by atoms with E-state index in [1.54, 1.807) is 18.5 Å². The van der Waals surface area contributed by atoms with Gasteiger partial charge in [0.05, 0.1) is 12.1 Å². The fourth-order valence-corrected chi connectivity index (χ4v) is 2.40. The Hall–Kier alpha value is -2.78. The molecule has 0 aliphatic carbocycles. The smallest absolute Gasteiger partial charge is 0.421 e. The quantitative estimate of drug-likeness (QED) is 0.874. The summed E-state index contributed by atoms with van der Waals surface area (Å²) in [7, 11) is 0. The van der Waals surface area contributed by atoms with E-state index in [-0.39, 0.29) is 12.3 Å². The number of amides is 1. The molecule has 0 radical (unpaired) electrons. The minimum atomic E-state index is -4.58. The lowest BCUT2D eigenvalue weighted by Gasteiger charge is -2.26. The summed E-state index contributed by atoms with van der Waals surface area (Å²) in [5.41, 5.74) is -1.75. The molecule has 1 amide bonds. The van der Waals surface area contributed by atoms with E-state index in [1.165, 1.54) is 18.3 Å². The predicted molar refractivity (Wildman–Crippen MR) is 84.0 cm³/mol. The molecule has 140 valence electrons. The van der Waals surface area contributed by atoms with Crippen LogP contribution in [0.1, 0.15) is 29.9 Å². The number of alkyl halides is 3. The van der Waals surface area contributed by atoms with Gasteiger partial charge in [-0.15, -0.1) is 0 Å². The Morgan fingerprint density at radius 2 is 2.19 bits per heavy atom. The Bertz CT molecular complexity index is 796. The topological polar surface area (TPSA) is 78.3 Å². The minimum Gasteiger partial charge on any atom is -0.476 e. The molecule has 26 heavy (non-hydrogen) atoms. The van der Waals surface area contributed by atoms with Gasteiger partial charge in [0.25, 0.3) is 5.91 Å². The van der Waals surface area contributed by atoms with Crippen LogP contribution in [0.2, 0.25) is 0 Å². The number of aromatic nitrogens is 3. The third kappa shape index (κ3) is 3.89. The number of rotatable bonds is 5. The summed E-state index contributed by atoms with van der Waals surface area (Å²) in [6.07, 6.45) is -3.36. The molecule has 1 aliphatic rings. The lowest BCUT2D eigenvalue weighted by Crippen LogP contribution is -2.48. The van der Waals surface area contributed by atoms with Crippen LogP contribution in [-0.4, -0.2) is 39.4 Å². The lowest BCUT2D eigenvalue weighted by molar-refractivity contribution is -0.139. The van der Waals surface area contributed by atoms with E-state index in [9.17, 15) is 18.0 Å². The van der Waals surface area contributed by atoms with Crippen molar-refractivity contribution in [2.75, 3.05) is 13.2 Å². The highest BCUT2D eigenvalue weighted by Gasteiger charge is 2.35. The second-order valence-corrected chi connectivity index (χ2v) is 6.42. The molecule has 0 aromatic carbocycles. The molecule has 3 heterocycles. The Morgan fingerprint density at radius 3 is 2.88 bits per heavy atom. The maximum absolute atomic E-state index is 13.0. The molecule has 0 bridgehead atoms. The molecule has 2 aromatic rings. The SMILES string of the molecule is CC(C)(COc1ncccc1C(F)(F)F)NC(=O)c1cc2n(n1)CCO2. The fourth-order valence-electron chi connectivity index (χ4n) is 2.40. The molecule has 2 aromatic heterocycles. The molecule has 3 rings (SSSR count). The van der Waals surface area contributed by atoms with Crippen LogP contribution in [0.5, 0.6) is 11.8 Å². The van der Waals surface area contributed by atoms with E-state index in [1.807, 2.05) is 0 Å². The first kappa shape index (κ1) is 18.0. The van der Waals surface area contributed by atoms with Crippen molar-refractivity contribution in [1.82, 2.24) is 20.1 Å². The van der Waals surface area contributed by atoms with Gasteiger partial charge in [0.15, 0.2) is 5.69 Å². The number of carbonyl (C=O) groups is 1. The number of ether oxygens (including phenoxy) is 2. The average molecular weight is 370 g/mol. The fraction of sp³-hybridized carbons (Fsp3) is 0.438. The van der Waals surface area contributed by atoms with Crippen molar-refractivity contribution in [3.8, 4) is 11.8 Å². The number of halogens is 3. The number of fused-ring (bicyclic) bond motifs is 1. The minimum absolute atomic E-state index is 0.168. The Morgan fingerprint density at radius 1 is 1.42 bits per heavy atom. The molecule has 10 heteroatoms. The molecule has 0 spiro atoms. The third-order valence-electron chi connectivity index (χ3n) is 3.63. The summed E-state index contributed by atoms with van der Waals surface area (Å²) < 4.78 is 51.0. The van der Waals surface area contributed by atoms with Crippen molar-refractivity contribution >= 4 is 5.91 Å². The number of hydrogen-bond acceptors (Lipinski definition) is 5. The molecular weight excluding hydrogens is 353 g/mol. The summed E-state index contributed by atoms with van der Waals surface area (Å²) in [5, 5.41) is 6.80. The van der Waals surface area contributed by atoms with Crippen LogP contribution >= 0.6 is 0 Å². The van der Waals surface area contributed by atoms with E-state index < -0.39 is 29.1 Å². The van der Waals surface area contributed by atoms with Gasteiger partial charge in [-0.1, -0.05) is 0 Å². The average Bonchev–Trinajstić information content (AvgIpc) is 3.13. The first-order valence-electron chi connectivity index (χ1n) is 7.84. The zero-order chi connectivity index (χ0) is 18.9. The first-order chi connectivity index (χ1) is 12.2. The van der Waals surface area contributed by atoms with Crippen LogP contribution in [0.25, 0.3) is 0 Å². The van der Waals surface area contributed by atoms with E-state index in [4.69, 9.17) is 9.47 Å². The number of hydrogen-bond donors (Lipinski definition) is 1. The van der Waals surface area contributed by atoms with Crippen molar-refractivity contribution in [3.05, 3.63) is 35.7 Å². The van der Waals surface area contributed by atoms with Crippen molar-refractivity contribution < 1.29 is 27.4 Å². The monoisotopic (exact) mass is 370 g/mol. The standard InChI is InChI=1S/C16H17F3N4O3/c1-15(2,9-26-14-10(16(17,18)19)4-3-5-20-14)21-13(24)11-8-12-23(22-11)6-7-25-12/h3-5,8H,6-7,9H2,1-2H3,(H,21,24). The van der Waals surface area contributed by atoms with Crippen LogP contribution in [0.3, 0.4) is 0 Å².